The van der Waals surface area contributed by atoms with E-state index in [9.17, 15) is 0 Å². The van der Waals surface area contributed by atoms with Crippen LogP contribution in [0.4, 0.5) is 0 Å². The van der Waals surface area contributed by atoms with E-state index in [1.165, 1.54) is 0 Å². The number of hydrogen-bond donors (Lipinski definition) is 0. The summed E-state index contributed by atoms with van der Waals surface area (Å²) in [6.07, 6.45) is 0.956. The minimum atomic E-state index is 0.250. The molecule has 1 rings (SSSR count). The number of halogens is 1. The van der Waals surface area contributed by atoms with Gasteiger partial charge in [0.25, 0.3) is 5.88 Å². The van der Waals surface area contributed by atoms with Gasteiger partial charge in [0.1, 0.15) is 0 Å². The van der Waals surface area contributed by atoms with E-state index in [-0.39, 0.29) is 5.41 Å². The number of aromatic nitrogens is 2. The first kappa shape index (κ1) is 13.2. The lowest BCUT2D eigenvalue weighted by molar-refractivity contribution is 0.235. The number of aryl methyl sites for hydroxylation is 2. The topological polar surface area (TPSA) is 35.0 Å². The first-order valence-electron chi connectivity index (χ1n) is 5.43. The Hall–Kier alpha value is -0.830. The van der Waals surface area contributed by atoms with Crippen LogP contribution in [0.15, 0.2) is 0 Å². The normalized spacial score (nSPS) is 11.6. The predicted octanol–water partition coefficient (Wildman–Crippen LogP) is 3.56. The molecule has 0 unspecified atom stereocenters. The molecule has 16 heavy (non-hydrogen) atoms. The Bertz CT molecular complexity index is 372. The SMILES string of the molecule is Cc1nc(Cl)c(OCCC(C)(C)C)nc1C. The van der Waals surface area contributed by atoms with Crippen molar-refractivity contribution in [3.8, 4) is 5.88 Å². The molecule has 0 radical (unpaired) electrons. The minimum Gasteiger partial charge on any atom is -0.475 e. The summed E-state index contributed by atoms with van der Waals surface area (Å²) in [4.78, 5) is 8.44. The molecule has 0 atom stereocenters. The van der Waals surface area contributed by atoms with Crippen LogP contribution in [-0.2, 0) is 0 Å². The summed E-state index contributed by atoms with van der Waals surface area (Å²) in [7, 11) is 0. The van der Waals surface area contributed by atoms with E-state index in [1.54, 1.807) is 0 Å². The second kappa shape index (κ2) is 5.00. The van der Waals surface area contributed by atoms with Gasteiger partial charge >= 0.3 is 0 Å². The molecule has 0 spiro atoms. The summed E-state index contributed by atoms with van der Waals surface area (Å²) in [6.45, 7) is 10.9. The highest BCUT2D eigenvalue weighted by atomic mass is 35.5. The average molecular weight is 243 g/mol. The van der Waals surface area contributed by atoms with Crippen LogP contribution < -0.4 is 4.74 Å². The molecule has 90 valence electrons. The van der Waals surface area contributed by atoms with Crippen LogP contribution in [0, 0.1) is 19.3 Å². The van der Waals surface area contributed by atoms with Gasteiger partial charge in [0, 0.05) is 0 Å². The molecule has 0 fully saturated rings. The molecule has 1 aromatic rings. The summed E-state index contributed by atoms with van der Waals surface area (Å²) in [5.74, 6) is 0.439. The van der Waals surface area contributed by atoms with Gasteiger partial charge in [0.05, 0.1) is 18.0 Å². The molecular weight excluding hydrogens is 224 g/mol. The predicted molar refractivity (Wildman–Crippen MR) is 66.1 cm³/mol. The zero-order valence-electron chi connectivity index (χ0n) is 10.6. The Kier molecular flexibility index (Phi) is 4.14. The van der Waals surface area contributed by atoms with Crippen molar-refractivity contribution in [3.05, 3.63) is 16.5 Å². The smallest absolute Gasteiger partial charge is 0.252 e. The van der Waals surface area contributed by atoms with Gasteiger partial charge in [-0.05, 0) is 25.7 Å². The molecule has 0 saturated carbocycles. The van der Waals surface area contributed by atoms with Crippen LogP contribution in [0.2, 0.25) is 5.15 Å². The summed E-state index contributed by atoms with van der Waals surface area (Å²) < 4.78 is 5.54. The van der Waals surface area contributed by atoms with E-state index in [0.29, 0.717) is 17.6 Å². The van der Waals surface area contributed by atoms with E-state index in [1.807, 2.05) is 13.8 Å². The maximum absolute atomic E-state index is 5.95. The van der Waals surface area contributed by atoms with Gasteiger partial charge in [-0.3, -0.25) is 0 Å². The molecule has 4 heteroatoms. The minimum absolute atomic E-state index is 0.250. The van der Waals surface area contributed by atoms with Crippen molar-refractivity contribution < 1.29 is 4.74 Å². The maximum Gasteiger partial charge on any atom is 0.252 e. The third-order valence-corrected chi connectivity index (χ3v) is 2.57. The van der Waals surface area contributed by atoms with Gasteiger partial charge in [-0.2, -0.15) is 0 Å². The van der Waals surface area contributed by atoms with Gasteiger partial charge in [-0.15, -0.1) is 0 Å². The van der Waals surface area contributed by atoms with Crippen LogP contribution in [0.1, 0.15) is 38.6 Å². The Morgan fingerprint density at radius 1 is 1.12 bits per heavy atom. The van der Waals surface area contributed by atoms with E-state index in [2.05, 4.69) is 30.7 Å². The molecule has 0 aliphatic rings. The van der Waals surface area contributed by atoms with Gasteiger partial charge < -0.3 is 4.74 Å². The van der Waals surface area contributed by atoms with Crippen molar-refractivity contribution in [1.82, 2.24) is 9.97 Å². The molecular formula is C12H19ClN2O. The number of nitrogens with zero attached hydrogens (tertiary/aromatic N) is 2. The van der Waals surface area contributed by atoms with Crippen molar-refractivity contribution in [2.24, 2.45) is 5.41 Å². The lowest BCUT2D eigenvalue weighted by Crippen LogP contribution is -2.12. The second-order valence-electron chi connectivity index (χ2n) is 5.15. The van der Waals surface area contributed by atoms with Crippen molar-refractivity contribution in [3.63, 3.8) is 0 Å². The Balaban J connectivity index is 2.64. The van der Waals surface area contributed by atoms with Crippen LogP contribution in [0.25, 0.3) is 0 Å². The fraction of sp³-hybridized carbons (Fsp3) is 0.667. The molecule has 0 N–H and O–H groups in total. The van der Waals surface area contributed by atoms with Crippen molar-refractivity contribution in [2.75, 3.05) is 6.61 Å². The lowest BCUT2D eigenvalue weighted by atomic mass is 9.93. The van der Waals surface area contributed by atoms with Crippen LogP contribution in [0.5, 0.6) is 5.88 Å². The first-order valence-corrected chi connectivity index (χ1v) is 5.81. The molecule has 0 aliphatic heterocycles. The maximum atomic E-state index is 5.95. The Morgan fingerprint density at radius 2 is 1.69 bits per heavy atom. The summed E-state index contributed by atoms with van der Waals surface area (Å²) in [5.41, 5.74) is 1.95. The van der Waals surface area contributed by atoms with E-state index < -0.39 is 0 Å². The number of ether oxygens (including phenoxy) is 1. The zero-order chi connectivity index (χ0) is 12.3. The van der Waals surface area contributed by atoms with E-state index >= 15 is 0 Å². The second-order valence-corrected chi connectivity index (χ2v) is 5.51. The highest BCUT2D eigenvalue weighted by Crippen LogP contribution is 2.23. The Morgan fingerprint density at radius 3 is 2.25 bits per heavy atom. The van der Waals surface area contributed by atoms with Crippen molar-refractivity contribution in [1.29, 1.82) is 0 Å². The lowest BCUT2D eigenvalue weighted by Gasteiger charge is -2.18. The van der Waals surface area contributed by atoms with E-state index in [4.69, 9.17) is 16.3 Å². The van der Waals surface area contributed by atoms with Gasteiger partial charge in [-0.1, -0.05) is 32.4 Å². The largest absolute Gasteiger partial charge is 0.475 e. The monoisotopic (exact) mass is 242 g/mol. The fourth-order valence-corrected chi connectivity index (χ4v) is 1.32. The van der Waals surface area contributed by atoms with Gasteiger partial charge in [0.15, 0.2) is 5.15 Å². The molecule has 0 amide bonds. The molecule has 3 nitrogen and oxygen atoms in total. The highest BCUT2D eigenvalue weighted by Gasteiger charge is 2.12. The highest BCUT2D eigenvalue weighted by molar-refractivity contribution is 6.30. The van der Waals surface area contributed by atoms with Crippen LogP contribution in [-0.4, -0.2) is 16.6 Å². The molecule has 1 heterocycles. The quantitative estimate of drug-likeness (QED) is 0.813. The third kappa shape index (κ3) is 3.97. The summed E-state index contributed by atoms with van der Waals surface area (Å²) in [6, 6.07) is 0. The first-order chi connectivity index (χ1) is 7.29. The molecule has 0 bridgehead atoms. The van der Waals surface area contributed by atoms with Gasteiger partial charge in [0.2, 0.25) is 0 Å². The molecule has 0 saturated heterocycles. The van der Waals surface area contributed by atoms with E-state index in [0.717, 1.165) is 17.8 Å². The Labute approximate surface area is 102 Å². The van der Waals surface area contributed by atoms with Gasteiger partial charge in [-0.25, -0.2) is 9.97 Å². The number of hydrogen-bond acceptors (Lipinski definition) is 3. The molecule has 0 aliphatic carbocycles. The van der Waals surface area contributed by atoms with Crippen LogP contribution in [0.3, 0.4) is 0 Å². The number of rotatable bonds is 3. The van der Waals surface area contributed by atoms with Crippen molar-refractivity contribution >= 4 is 11.6 Å². The summed E-state index contributed by atoms with van der Waals surface area (Å²) in [5, 5.41) is 0.344. The zero-order valence-corrected chi connectivity index (χ0v) is 11.4. The van der Waals surface area contributed by atoms with Crippen molar-refractivity contribution in [2.45, 2.75) is 41.0 Å². The standard InChI is InChI=1S/C12H19ClN2O/c1-8-9(2)15-11(10(13)14-8)16-7-6-12(3,4)5/h6-7H2,1-5H3. The third-order valence-electron chi connectivity index (χ3n) is 2.33. The summed E-state index contributed by atoms with van der Waals surface area (Å²) >= 11 is 5.95. The average Bonchev–Trinajstić information content (AvgIpc) is 2.11. The molecule has 0 aromatic carbocycles. The molecule has 1 aromatic heterocycles. The fourth-order valence-electron chi connectivity index (χ4n) is 1.10. The van der Waals surface area contributed by atoms with Crippen LogP contribution >= 0.6 is 11.6 Å².